The monoisotopic (exact) mass is 771 g/mol. The van der Waals surface area contributed by atoms with Gasteiger partial charge in [0, 0.05) is 34.7 Å². The first-order valence-corrected chi connectivity index (χ1v) is 19.6. The smallest absolute Gasteiger partial charge is 0.207 e. The Morgan fingerprint density at radius 1 is 1.04 bits per heavy atom. The largest absolute Gasteiger partial charge is 0.492 e. The SMILES string of the molecule is CC(C)CF.Cc1cc(F)cc(C)c1C(=O)c1sc2cc(OPI)ccc2c1Oc1ccc(OCCN2CCC(CF)C2)cc1. The standard InChI is InChI=1S/C30H29F2INO4PS.C4H9F/c1-18-13-21(32)14-19(2)27(18)28(35)30-29(25-8-7-24(38-39-33)15-26(25)40-30)37-23-5-3-22(4-6-23)36-12-11-34-10-9-20(16-31)17-34;1-4(2)3-5/h3-8,13-15,20,39H,9-12,16-17H2,1-2H3;4H,3H2,1-2H3. The Morgan fingerprint density at radius 2 is 1.69 bits per heavy atom. The van der Waals surface area contributed by atoms with E-state index in [1.165, 1.54) is 23.5 Å². The zero-order chi connectivity index (χ0) is 32.5. The number of carbonyl (C=O) groups excluding carboxylic acids is 1. The second-order valence-electron chi connectivity index (χ2n) is 11.4. The molecule has 5 nitrogen and oxygen atoms in total. The third-order valence-corrected chi connectivity index (χ3v) is 9.43. The number of thiophene rings is 1. The van der Waals surface area contributed by atoms with Crippen LogP contribution in [0, 0.1) is 31.5 Å². The highest BCUT2D eigenvalue weighted by molar-refractivity contribution is 14.2. The number of alkyl halides is 2. The minimum atomic E-state index is -0.368. The van der Waals surface area contributed by atoms with Crippen molar-refractivity contribution >= 4 is 55.7 Å². The Morgan fingerprint density at radius 3 is 2.29 bits per heavy atom. The van der Waals surface area contributed by atoms with Crippen LogP contribution in [0.25, 0.3) is 10.1 Å². The normalized spacial score (nSPS) is 15.1. The fourth-order valence-electron chi connectivity index (χ4n) is 5.05. The van der Waals surface area contributed by atoms with Crippen molar-refractivity contribution in [3.63, 3.8) is 0 Å². The van der Waals surface area contributed by atoms with Crippen LogP contribution in [0.4, 0.5) is 13.2 Å². The number of likely N-dealkylation sites (tertiary alicyclic amines) is 1. The Bertz CT molecular complexity index is 1560. The zero-order valence-corrected chi connectivity index (χ0v) is 29.8. The molecule has 0 N–H and O–H groups in total. The minimum Gasteiger partial charge on any atom is -0.492 e. The summed E-state index contributed by atoms with van der Waals surface area (Å²) < 4.78 is 56.8. The van der Waals surface area contributed by atoms with Gasteiger partial charge < -0.3 is 14.0 Å². The zero-order valence-electron chi connectivity index (χ0n) is 25.8. The first-order chi connectivity index (χ1) is 21.6. The molecule has 11 heteroatoms. The lowest BCUT2D eigenvalue weighted by Crippen LogP contribution is -2.26. The lowest BCUT2D eigenvalue weighted by Gasteiger charge is -2.16. The number of hydrogen-bond acceptors (Lipinski definition) is 6. The lowest BCUT2D eigenvalue weighted by atomic mass is 9.97. The first-order valence-electron chi connectivity index (χ1n) is 14.8. The number of benzene rings is 3. The average Bonchev–Trinajstić information content (AvgIpc) is 3.62. The molecule has 0 spiro atoms. The third-order valence-electron chi connectivity index (χ3n) is 7.32. The average molecular weight is 772 g/mol. The molecule has 1 fully saturated rings. The number of ketones is 1. The number of hydrogen-bond donors (Lipinski definition) is 0. The quantitative estimate of drug-likeness (QED) is 0.0816. The number of aryl methyl sites for hydroxylation is 2. The van der Waals surface area contributed by atoms with Crippen molar-refractivity contribution in [2.45, 2.75) is 34.1 Å². The third kappa shape index (κ3) is 9.56. The molecule has 0 amide bonds. The summed E-state index contributed by atoms with van der Waals surface area (Å²) in [6.07, 6.45) is 0.900. The van der Waals surface area contributed by atoms with Gasteiger partial charge in [-0.15, -0.1) is 11.3 Å². The molecule has 1 aromatic heterocycles. The number of ether oxygens (including phenoxy) is 2. The maximum atomic E-state index is 14.0. The van der Waals surface area contributed by atoms with Crippen molar-refractivity contribution in [2.75, 3.05) is 39.6 Å². The van der Waals surface area contributed by atoms with Crippen LogP contribution in [-0.2, 0) is 0 Å². The minimum absolute atomic E-state index is 0.142. The molecule has 1 aliphatic heterocycles. The summed E-state index contributed by atoms with van der Waals surface area (Å²) in [5, 5.41) is 0.799. The lowest BCUT2D eigenvalue weighted by molar-refractivity contribution is 0.103. The van der Waals surface area contributed by atoms with Crippen molar-refractivity contribution in [3.8, 4) is 23.0 Å². The van der Waals surface area contributed by atoms with E-state index in [0.29, 0.717) is 45.4 Å². The van der Waals surface area contributed by atoms with Crippen LogP contribution < -0.4 is 14.0 Å². The van der Waals surface area contributed by atoms with Gasteiger partial charge in [-0.05, 0) is 120 Å². The fourth-order valence-corrected chi connectivity index (χ4v) is 7.13. The van der Waals surface area contributed by atoms with Crippen LogP contribution in [-0.4, -0.2) is 50.3 Å². The highest BCUT2D eigenvalue weighted by Crippen LogP contribution is 2.44. The number of fused-ring (bicyclic) bond motifs is 1. The van der Waals surface area contributed by atoms with Gasteiger partial charge in [-0.1, -0.05) is 13.8 Å². The van der Waals surface area contributed by atoms with Crippen molar-refractivity contribution < 1.29 is 32.0 Å². The van der Waals surface area contributed by atoms with E-state index in [1.54, 1.807) is 13.8 Å². The Balaban J connectivity index is 0.000000854. The second kappa shape index (κ2) is 17.0. The van der Waals surface area contributed by atoms with E-state index in [1.807, 2.05) is 56.3 Å². The number of carbonyl (C=O) groups is 1. The second-order valence-corrected chi connectivity index (χ2v) is 14.2. The van der Waals surface area contributed by atoms with Crippen LogP contribution >= 0.6 is 39.8 Å². The maximum absolute atomic E-state index is 14.0. The van der Waals surface area contributed by atoms with E-state index in [9.17, 15) is 18.0 Å². The van der Waals surface area contributed by atoms with E-state index in [4.69, 9.17) is 14.0 Å². The predicted molar refractivity (Wildman–Crippen MR) is 187 cm³/mol. The molecule has 4 aromatic rings. The number of halogens is 4. The van der Waals surface area contributed by atoms with E-state index in [-0.39, 0.29) is 43.2 Å². The molecule has 0 aliphatic carbocycles. The Kier molecular flexibility index (Phi) is 13.4. The highest BCUT2D eigenvalue weighted by atomic mass is 127. The molecule has 2 atom stereocenters. The van der Waals surface area contributed by atoms with E-state index in [0.717, 1.165) is 41.9 Å². The van der Waals surface area contributed by atoms with Gasteiger partial charge in [0.15, 0.2) is 5.75 Å². The summed E-state index contributed by atoms with van der Waals surface area (Å²) in [7, 11) is 0. The molecule has 2 heterocycles. The summed E-state index contributed by atoms with van der Waals surface area (Å²) in [6, 6.07) is 15.7. The van der Waals surface area contributed by atoms with Crippen molar-refractivity contribution in [2.24, 2.45) is 11.8 Å². The van der Waals surface area contributed by atoms with Crippen molar-refractivity contribution in [3.05, 3.63) is 82.0 Å². The summed E-state index contributed by atoms with van der Waals surface area (Å²) in [5.41, 5.74) is 1.64. The molecule has 0 saturated carbocycles. The van der Waals surface area contributed by atoms with Gasteiger partial charge in [-0.3, -0.25) is 18.5 Å². The molecule has 5 rings (SSSR count). The van der Waals surface area contributed by atoms with Crippen molar-refractivity contribution in [1.29, 1.82) is 0 Å². The first kappa shape index (κ1) is 35.5. The Hall–Kier alpha value is -2.40. The number of nitrogens with zero attached hydrogens (tertiary/aromatic N) is 1. The fraction of sp³-hybridized carbons (Fsp3) is 0.382. The highest BCUT2D eigenvalue weighted by Gasteiger charge is 2.25. The van der Waals surface area contributed by atoms with Crippen LogP contribution in [0.5, 0.6) is 23.0 Å². The molecule has 3 aromatic carbocycles. The van der Waals surface area contributed by atoms with E-state index in [2.05, 4.69) is 26.9 Å². The van der Waals surface area contributed by atoms with E-state index < -0.39 is 0 Å². The van der Waals surface area contributed by atoms with Gasteiger partial charge in [-0.25, -0.2) is 4.39 Å². The van der Waals surface area contributed by atoms with Crippen LogP contribution in [0.15, 0.2) is 54.6 Å². The number of rotatable bonds is 12. The van der Waals surface area contributed by atoms with Crippen LogP contribution in [0.2, 0.25) is 0 Å². The van der Waals surface area contributed by atoms with Gasteiger partial charge in [0.2, 0.25) is 5.78 Å². The molecule has 1 aliphatic rings. The van der Waals surface area contributed by atoms with E-state index >= 15 is 0 Å². The molecule has 1 saturated heterocycles. The summed E-state index contributed by atoms with van der Waals surface area (Å²) in [6.45, 7) is 9.95. The van der Waals surface area contributed by atoms with Gasteiger partial charge >= 0.3 is 0 Å². The molecule has 0 radical (unpaired) electrons. The molecule has 2 unspecified atom stereocenters. The van der Waals surface area contributed by atoms with Crippen molar-refractivity contribution in [1.82, 2.24) is 4.90 Å². The van der Waals surface area contributed by atoms with Crippen LogP contribution in [0.1, 0.15) is 46.6 Å². The van der Waals surface area contributed by atoms with Gasteiger partial charge in [0.25, 0.3) is 0 Å². The molecular formula is C34H38F3INO4PS. The summed E-state index contributed by atoms with van der Waals surface area (Å²) in [4.78, 5) is 16.5. The predicted octanol–water partition coefficient (Wildman–Crippen LogP) is 10.3. The maximum Gasteiger partial charge on any atom is 0.207 e. The van der Waals surface area contributed by atoms with Gasteiger partial charge in [0.1, 0.15) is 41.0 Å². The molecule has 0 bridgehead atoms. The van der Waals surface area contributed by atoms with Gasteiger partial charge in [0.05, 0.1) is 13.3 Å². The molecule has 242 valence electrons. The molecule has 45 heavy (non-hydrogen) atoms. The topological polar surface area (TPSA) is 48.0 Å². The molecular weight excluding hydrogens is 733 g/mol. The Labute approximate surface area is 281 Å². The van der Waals surface area contributed by atoms with Gasteiger partial charge in [-0.2, -0.15) is 0 Å². The van der Waals surface area contributed by atoms with Crippen LogP contribution in [0.3, 0.4) is 0 Å². The summed E-state index contributed by atoms with van der Waals surface area (Å²) >= 11 is 3.50. The summed E-state index contributed by atoms with van der Waals surface area (Å²) in [5.74, 6) is 2.23.